The monoisotopic (exact) mass is 547 g/mol. The third-order valence-corrected chi connectivity index (χ3v) is 6.83. The van der Waals surface area contributed by atoms with Crippen LogP contribution >= 0.6 is 39.1 Å². The SMILES string of the molecule is CS(=O)(=O)CC[C@H](C(=O)OCc1ccc(Br)cc1)N1C(=O)c2cc(Cl)c(Cl)cc2C1=O. The van der Waals surface area contributed by atoms with Gasteiger partial charge in [-0.3, -0.25) is 14.5 Å². The second-order valence-electron chi connectivity index (χ2n) is 6.96. The van der Waals surface area contributed by atoms with E-state index in [-0.39, 0.29) is 34.2 Å². The number of imide groups is 1. The number of fused-ring (bicyclic) bond motifs is 1. The lowest BCUT2D eigenvalue weighted by atomic mass is 10.1. The van der Waals surface area contributed by atoms with Gasteiger partial charge in [0, 0.05) is 10.7 Å². The number of hydrogen-bond acceptors (Lipinski definition) is 6. The van der Waals surface area contributed by atoms with E-state index in [0.717, 1.165) is 10.7 Å². The van der Waals surface area contributed by atoms with E-state index < -0.39 is 39.4 Å². The lowest BCUT2D eigenvalue weighted by Crippen LogP contribution is -2.46. The van der Waals surface area contributed by atoms with Crippen molar-refractivity contribution in [2.24, 2.45) is 0 Å². The molecule has 1 atom stereocenters. The van der Waals surface area contributed by atoms with E-state index in [4.69, 9.17) is 27.9 Å². The summed E-state index contributed by atoms with van der Waals surface area (Å²) in [6.45, 7) is -0.109. The minimum atomic E-state index is -3.47. The number of esters is 1. The molecule has 0 bridgehead atoms. The third-order valence-electron chi connectivity index (χ3n) is 4.60. The Balaban J connectivity index is 1.87. The number of nitrogens with zero attached hydrogens (tertiary/aromatic N) is 1. The standard InChI is InChI=1S/C20H16BrCl2NO6S/c1-31(28,29)7-6-17(20(27)30-10-11-2-4-12(21)5-3-11)24-18(25)13-8-15(22)16(23)9-14(13)19(24)26/h2-5,8-9,17H,6-7,10H2,1H3/t17-/m1/s1. The van der Waals surface area contributed by atoms with E-state index in [1.807, 2.05) is 0 Å². The Morgan fingerprint density at radius 1 is 1.06 bits per heavy atom. The van der Waals surface area contributed by atoms with Crippen molar-refractivity contribution >= 4 is 66.8 Å². The molecule has 11 heteroatoms. The van der Waals surface area contributed by atoms with E-state index in [1.54, 1.807) is 24.3 Å². The lowest BCUT2D eigenvalue weighted by Gasteiger charge is -2.24. The minimum absolute atomic E-state index is 0.00975. The molecule has 3 rings (SSSR count). The molecule has 0 aliphatic carbocycles. The highest BCUT2D eigenvalue weighted by Crippen LogP contribution is 2.33. The predicted octanol–water partition coefficient (Wildman–Crippen LogP) is 3.90. The molecule has 0 fully saturated rings. The van der Waals surface area contributed by atoms with Crippen LogP contribution in [0, 0.1) is 0 Å². The molecule has 0 spiro atoms. The Labute approximate surface area is 197 Å². The van der Waals surface area contributed by atoms with Crippen LogP contribution < -0.4 is 0 Å². The Morgan fingerprint density at radius 2 is 1.58 bits per heavy atom. The maximum absolute atomic E-state index is 12.9. The number of rotatable bonds is 7. The average Bonchev–Trinajstić information content (AvgIpc) is 2.92. The number of ether oxygens (including phenoxy) is 1. The molecule has 31 heavy (non-hydrogen) atoms. The third kappa shape index (κ3) is 5.46. The van der Waals surface area contributed by atoms with Gasteiger partial charge in [-0.1, -0.05) is 51.3 Å². The van der Waals surface area contributed by atoms with Crippen molar-refractivity contribution in [1.82, 2.24) is 4.90 Å². The Kier molecular flexibility index (Phi) is 7.10. The molecular formula is C20H16BrCl2NO6S. The van der Waals surface area contributed by atoms with Gasteiger partial charge in [0.2, 0.25) is 0 Å². The Morgan fingerprint density at radius 3 is 2.06 bits per heavy atom. The first-order valence-corrected chi connectivity index (χ1v) is 12.5. The van der Waals surface area contributed by atoms with Crippen LogP contribution in [0.15, 0.2) is 40.9 Å². The second-order valence-corrected chi connectivity index (χ2v) is 11.0. The first-order chi connectivity index (χ1) is 14.5. The van der Waals surface area contributed by atoms with Gasteiger partial charge in [-0.15, -0.1) is 0 Å². The van der Waals surface area contributed by atoms with Gasteiger partial charge in [0.15, 0.2) is 0 Å². The molecule has 1 aliphatic rings. The fourth-order valence-corrected chi connectivity index (χ4v) is 4.29. The molecule has 0 aromatic heterocycles. The average molecular weight is 549 g/mol. The summed E-state index contributed by atoms with van der Waals surface area (Å²) in [6.07, 6.45) is 0.698. The Hall–Kier alpha value is -1.94. The van der Waals surface area contributed by atoms with Crippen LogP contribution in [0.3, 0.4) is 0 Å². The van der Waals surface area contributed by atoms with Crippen LogP contribution in [-0.2, 0) is 26.0 Å². The Bertz CT molecular complexity index is 1130. The summed E-state index contributed by atoms with van der Waals surface area (Å²) in [5, 5.41) is 0.155. The van der Waals surface area contributed by atoms with Gasteiger partial charge in [0.25, 0.3) is 11.8 Å². The summed E-state index contributed by atoms with van der Waals surface area (Å²) in [5.41, 5.74) is 0.660. The van der Waals surface area contributed by atoms with Crippen molar-refractivity contribution in [2.75, 3.05) is 12.0 Å². The van der Waals surface area contributed by atoms with Crippen LogP contribution in [0.2, 0.25) is 10.0 Å². The molecule has 2 aromatic rings. The maximum atomic E-state index is 12.9. The van der Waals surface area contributed by atoms with Crippen LogP contribution in [0.4, 0.5) is 0 Å². The zero-order valence-corrected chi connectivity index (χ0v) is 20.0. The molecule has 1 heterocycles. The van der Waals surface area contributed by atoms with E-state index >= 15 is 0 Å². The molecule has 2 amide bonds. The quantitative estimate of drug-likeness (QED) is 0.384. The minimum Gasteiger partial charge on any atom is -0.459 e. The highest BCUT2D eigenvalue weighted by atomic mass is 79.9. The van der Waals surface area contributed by atoms with E-state index in [0.29, 0.717) is 10.5 Å². The van der Waals surface area contributed by atoms with Gasteiger partial charge in [-0.25, -0.2) is 13.2 Å². The van der Waals surface area contributed by atoms with Gasteiger partial charge < -0.3 is 4.74 Å². The van der Waals surface area contributed by atoms with Crippen LogP contribution in [0.25, 0.3) is 0 Å². The molecule has 1 aliphatic heterocycles. The molecule has 7 nitrogen and oxygen atoms in total. The highest BCUT2D eigenvalue weighted by Gasteiger charge is 2.44. The summed E-state index contributed by atoms with van der Waals surface area (Å²) in [6, 6.07) is 8.07. The van der Waals surface area contributed by atoms with Crippen molar-refractivity contribution in [3.8, 4) is 0 Å². The van der Waals surface area contributed by atoms with E-state index in [9.17, 15) is 22.8 Å². The van der Waals surface area contributed by atoms with Crippen molar-refractivity contribution in [1.29, 1.82) is 0 Å². The molecule has 2 aromatic carbocycles. The van der Waals surface area contributed by atoms with Gasteiger partial charge >= 0.3 is 5.97 Å². The van der Waals surface area contributed by atoms with Gasteiger partial charge in [-0.2, -0.15) is 0 Å². The number of amides is 2. The zero-order valence-electron chi connectivity index (χ0n) is 16.1. The molecule has 0 saturated heterocycles. The molecule has 0 N–H and O–H groups in total. The first kappa shape index (κ1) is 23.7. The lowest BCUT2D eigenvalue weighted by molar-refractivity contribution is -0.149. The normalized spacial score (nSPS) is 14.5. The summed E-state index contributed by atoms with van der Waals surface area (Å²) in [5.74, 6) is -2.84. The van der Waals surface area contributed by atoms with Gasteiger partial charge in [0.05, 0.1) is 26.9 Å². The summed E-state index contributed by atoms with van der Waals surface area (Å²) in [7, 11) is -3.47. The van der Waals surface area contributed by atoms with Crippen molar-refractivity contribution in [2.45, 2.75) is 19.1 Å². The number of halogens is 3. The summed E-state index contributed by atoms with van der Waals surface area (Å²) in [4.78, 5) is 39.3. The van der Waals surface area contributed by atoms with Crippen molar-refractivity contribution < 1.29 is 27.5 Å². The second kappa shape index (κ2) is 9.28. The first-order valence-electron chi connectivity index (χ1n) is 8.93. The predicted molar refractivity (Wildman–Crippen MR) is 119 cm³/mol. The van der Waals surface area contributed by atoms with E-state index in [2.05, 4.69) is 15.9 Å². The van der Waals surface area contributed by atoms with Crippen molar-refractivity contribution in [3.05, 3.63) is 67.6 Å². The summed E-state index contributed by atoms with van der Waals surface area (Å²) < 4.78 is 29.5. The number of sulfone groups is 1. The molecular weight excluding hydrogens is 533 g/mol. The highest BCUT2D eigenvalue weighted by molar-refractivity contribution is 9.10. The number of carbonyl (C=O) groups excluding carboxylic acids is 3. The van der Waals surface area contributed by atoms with Gasteiger partial charge in [0.1, 0.15) is 22.5 Å². The number of benzene rings is 2. The fourth-order valence-electron chi connectivity index (χ4n) is 3.04. The summed E-state index contributed by atoms with van der Waals surface area (Å²) >= 11 is 15.2. The van der Waals surface area contributed by atoms with Crippen molar-refractivity contribution in [3.63, 3.8) is 0 Å². The van der Waals surface area contributed by atoms with E-state index in [1.165, 1.54) is 12.1 Å². The van der Waals surface area contributed by atoms with Crippen LogP contribution in [0.5, 0.6) is 0 Å². The van der Waals surface area contributed by atoms with Gasteiger partial charge in [-0.05, 0) is 36.2 Å². The number of carbonyl (C=O) groups is 3. The number of hydrogen-bond donors (Lipinski definition) is 0. The zero-order chi connectivity index (χ0) is 22.9. The molecule has 0 saturated carbocycles. The smallest absolute Gasteiger partial charge is 0.329 e. The van der Waals surface area contributed by atoms with Crippen LogP contribution in [0.1, 0.15) is 32.7 Å². The molecule has 0 radical (unpaired) electrons. The fraction of sp³-hybridized carbons (Fsp3) is 0.250. The largest absolute Gasteiger partial charge is 0.459 e. The maximum Gasteiger partial charge on any atom is 0.329 e. The topological polar surface area (TPSA) is 97.8 Å². The molecule has 0 unspecified atom stereocenters. The van der Waals surface area contributed by atoms with Crippen LogP contribution in [-0.4, -0.2) is 49.2 Å². The molecule has 164 valence electrons.